The minimum absolute atomic E-state index is 0.138. The number of thioether (sulfide) groups is 1. The van der Waals surface area contributed by atoms with E-state index in [2.05, 4.69) is 29.1 Å². The zero-order chi connectivity index (χ0) is 15.0. The van der Waals surface area contributed by atoms with Crippen LogP contribution in [0.3, 0.4) is 0 Å². The van der Waals surface area contributed by atoms with Gasteiger partial charge in [0.15, 0.2) is 0 Å². The summed E-state index contributed by atoms with van der Waals surface area (Å²) in [6, 6.07) is 8.43. The molecule has 0 aliphatic heterocycles. The summed E-state index contributed by atoms with van der Waals surface area (Å²) in [5, 5.41) is 3.17. The van der Waals surface area contributed by atoms with Crippen LogP contribution in [-0.2, 0) is 4.74 Å². The third-order valence-corrected chi connectivity index (χ3v) is 3.84. The minimum atomic E-state index is -4.23. The Morgan fingerprint density at radius 2 is 2.10 bits per heavy atom. The number of ether oxygens (including phenoxy) is 1. The lowest BCUT2D eigenvalue weighted by Gasteiger charge is -2.12. The standard InChI is InChI=1S/C14H20F3NOS/c1-11(18-2)12-5-3-6-13(9-12)20-8-4-7-19-10-14(15,16)17/h3,5-6,9,11,18H,4,7-8,10H2,1-2H3. The predicted octanol–water partition coefficient (Wildman–Crippen LogP) is 4.03. The first-order valence-corrected chi connectivity index (χ1v) is 7.45. The van der Waals surface area contributed by atoms with Gasteiger partial charge in [-0.25, -0.2) is 0 Å². The van der Waals surface area contributed by atoms with Crippen LogP contribution in [0.2, 0.25) is 0 Å². The topological polar surface area (TPSA) is 21.3 Å². The van der Waals surface area contributed by atoms with Gasteiger partial charge in [0, 0.05) is 23.3 Å². The highest BCUT2D eigenvalue weighted by Gasteiger charge is 2.27. The largest absolute Gasteiger partial charge is 0.411 e. The van der Waals surface area contributed by atoms with E-state index in [1.807, 2.05) is 19.2 Å². The van der Waals surface area contributed by atoms with Crippen LogP contribution in [-0.4, -0.2) is 32.2 Å². The molecular formula is C14H20F3NOS. The number of hydrogen-bond acceptors (Lipinski definition) is 3. The maximum Gasteiger partial charge on any atom is 0.411 e. The second kappa shape index (κ2) is 8.54. The van der Waals surface area contributed by atoms with Gasteiger partial charge in [0.1, 0.15) is 6.61 Å². The van der Waals surface area contributed by atoms with E-state index in [-0.39, 0.29) is 12.6 Å². The average molecular weight is 307 g/mol. The molecule has 0 saturated heterocycles. The normalized spacial score (nSPS) is 13.4. The number of benzene rings is 1. The van der Waals surface area contributed by atoms with Gasteiger partial charge in [0.25, 0.3) is 0 Å². The molecule has 1 aromatic carbocycles. The molecule has 0 aromatic heterocycles. The van der Waals surface area contributed by atoms with Gasteiger partial charge >= 0.3 is 6.18 Å². The molecule has 0 spiro atoms. The zero-order valence-corrected chi connectivity index (χ0v) is 12.5. The molecule has 0 aliphatic rings. The smallest absolute Gasteiger partial charge is 0.372 e. The fourth-order valence-corrected chi connectivity index (χ4v) is 2.47. The van der Waals surface area contributed by atoms with Crippen LogP contribution < -0.4 is 5.32 Å². The van der Waals surface area contributed by atoms with E-state index < -0.39 is 12.8 Å². The highest BCUT2D eigenvalue weighted by atomic mass is 32.2. The van der Waals surface area contributed by atoms with Crippen molar-refractivity contribution in [2.45, 2.75) is 30.5 Å². The van der Waals surface area contributed by atoms with Crippen molar-refractivity contribution < 1.29 is 17.9 Å². The number of hydrogen-bond donors (Lipinski definition) is 1. The fraction of sp³-hybridized carbons (Fsp3) is 0.571. The molecule has 1 aromatic rings. The van der Waals surface area contributed by atoms with Gasteiger partial charge in [-0.15, -0.1) is 11.8 Å². The molecule has 1 rings (SSSR count). The molecule has 2 nitrogen and oxygen atoms in total. The number of nitrogens with one attached hydrogen (secondary N) is 1. The second-order valence-corrected chi connectivity index (χ2v) is 5.62. The van der Waals surface area contributed by atoms with Gasteiger partial charge < -0.3 is 10.1 Å². The van der Waals surface area contributed by atoms with Crippen molar-refractivity contribution in [2.24, 2.45) is 0 Å². The Morgan fingerprint density at radius 1 is 1.35 bits per heavy atom. The summed E-state index contributed by atoms with van der Waals surface area (Å²) in [6.07, 6.45) is -3.63. The summed E-state index contributed by atoms with van der Waals surface area (Å²) in [5.74, 6) is 0.745. The summed E-state index contributed by atoms with van der Waals surface area (Å²) in [7, 11) is 1.91. The Balaban J connectivity index is 2.25. The maximum atomic E-state index is 11.8. The highest BCUT2D eigenvalue weighted by molar-refractivity contribution is 7.99. The molecule has 0 heterocycles. The van der Waals surface area contributed by atoms with Crippen molar-refractivity contribution in [1.29, 1.82) is 0 Å². The van der Waals surface area contributed by atoms with Crippen molar-refractivity contribution in [3.8, 4) is 0 Å². The molecule has 20 heavy (non-hydrogen) atoms. The molecule has 0 amide bonds. The van der Waals surface area contributed by atoms with Crippen LogP contribution in [0.5, 0.6) is 0 Å². The van der Waals surface area contributed by atoms with Crippen LogP contribution in [0.4, 0.5) is 13.2 Å². The fourth-order valence-electron chi connectivity index (χ4n) is 1.58. The molecule has 0 fully saturated rings. The Hall–Kier alpha value is -0.720. The molecular weight excluding hydrogens is 287 g/mol. The van der Waals surface area contributed by atoms with Gasteiger partial charge in [-0.1, -0.05) is 12.1 Å². The Morgan fingerprint density at radius 3 is 2.75 bits per heavy atom. The first-order valence-electron chi connectivity index (χ1n) is 6.47. The SMILES string of the molecule is CNC(C)c1cccc(SCCCOCC(F)(F)F)c1. The molecule has 0 radical (unpaired) electrons. The summed E-state index contributed by atoms with van der Waals surface area (Å²) in [4.78, 5) is 1.13. The van der Waals surface area contributed by atoms with E-state index in [9.17, 15) is 13.2 Å². The van der Waals surface area contributed by atoms with Crippen LogP contribution in [0, 0.1) is 0 Å². The third kappa shape index (κ3) is 7.17. The van der Waals surface area contributed by atoms with E-state index in [4.69, 9.17) is 0 Å². The van der Waals surface area contributed by atoms with Gasteiger partial charge in [-0.3, -0.25) is 0 Å². The van der Waals surface area contributed by atoms with Crippen LogP contribution in [0.1, 0.15) is 24.9 Å². The third-order valence-electron chi connectivity index (χ3n) is 2.76. The van der Waals surface area contributed by atoms with E-state index in [1.165, 1.54) is 5.56 Å². The molecule has 0 bridgehead atoms. The molecule has 0 aliphatic carbocycles. The van der Waals surface area contributed by atoms with Crippen molar-refractivity contribution in [1.82, 2.24) is 5.32 Å². The number of halogens is 3. The molecule has 1 unspecified atom stereocenters. The van der Waals surface area contributed by atoms with E-state index in [0.29, 0.717) is 6.42 Å². The van der Waals surface area contributed by atoms with Crippen LogP contribution in [0.25, 0.3) is 0 Å². The quantitative estimate of drug-likeness (QED) is 0.579. The zero-order valence-electron chi connectivity index (χ0n) is 11.7. The summed E-state index contributed by atoms with van der Waals surface area (Å²) < 4.78 is 40.1. The number of alkyl halides is 3. The molecule has 6 heteroatoms. The lowest BCUT2D eigenvalue weighted by Crippen LogP contribution is -2.17. The molecule has 1 atom stereocenters. The second-order valence-electron chi connectivity index (χ2n) is 4.45. The van der Waals surface area contributed by atoms with Crippen molar-refractivity contribution in [2.75, 3.05) is 26.0 Å². The average Bonchev–Trinajstić information content (AvgIpc) is 2.41. The van der Waals surface area contributed by atoms with E-state index in [0.717, 1.165) is 10.6 Å². The van der Waals surface area contributed by atoms with Gasteiger partial charge in [-0.2, -0.15) is 13.2 Å². The van der Waals surface area contributed by atoms with Gasteiger partial charge in [0.2, 0.25) is 0 Å². The van der Waals surface area contributed by atoms with E-state index >= 15 is 0 Å². The molecule has 0 saturated carbocycles. The monoisotopic (exact) mass is 307 g/mol. The van der Waals surface area contributed by atoms with E-state index in [1.54, 1.807) is 11.8 Å². The Labute approximate surface area is 122 Å². The van der Waals surface area contributed by atoms with Crippen LogP contribution in [0.15, 0.2) is 29.2 Å². The predicted molar refractivity (Wildman–Crippen MR) is 76.1 cm³/mol. The Bertz CT molecular complexity index is 398. The first kappa shape index (κ1) is 17.3. The van der Waals surface area contributed by atoms with Gasteiger partial charge in [0.05, 0.1) is 0 Å². The number of rotatable bonds is 8. The van der Waals surface area contributed by atoms with Crippen molar-refractivity contribution >= 4 is 11.8 Å². The summed E-state index contributed by atoms with van der Waals surface area (Å²) >= 11 is 1.63. The lowest BCUT2D eigenvalue weighted by molar-refractivity contribution is -0.173. The summed E-state index contributed by atoms with van der Waals surface area (Å²) in [6.45, 7) is 1.06. The van der Waals surface area contributed by atoms with Crippen molar-refractivity contribution in [3.63, 3.8) is 0 Å². The Kier molecular flexibility index (Phi) is 7.40. The molecule has 1 N–H and O–H groups in total. The summed E-state index contributed by atoms with van der Waals surface area (Å²) in [5.41, 5.74) is 1.20. The van der Waals surface area contributed by atoms with Crippen molar-refractivity contribution in [3.05, 3.63) is 29.8 Å². The lowest BCUT2D eigenvalue weighted by atomic mass is 10.1. The minimum Gasteiger partial charge on any atom is -0.372 e. The van der Waals surface area contributed by atoms with Crippen LogP contribution >= 0.6 is 11.8 Å². The first-order chi connectivity index (χ1) is 9.42. The highest BCUT2D eigenvalue weighted by Crippen LogP contribution is 2.23. The maximum absolute atomic E-state index is 11.8. The molecule has 114 valence electrons. The van der Waals surface area contributed by atoms with Gasteiger partial charge in [-0.05, 0) is 38.1 Å².